The lowest BCUT2D eigenvalue weighted by Gasteiger charge is -2.26. The van der Waals surface area contributed by atoms with Gasteiger partial charge in [-0.1, -0.05) is 12.5 Å². The molecule has 1 saturated carbocycles. The number of amides is 1. The maximum Gasteiger partial charge on any atom is 0.243 e. The van der Waals surface area contributed by atoms with Crippen molar-refractivity contribution in [3.63, 3.8) is 0 Å². The van der Waals surface area contributed by atoms with Crippen molar-refractivity contribution in [1.29, 1.82) is 0 Å². The third-order valence-corrected chi connectivity index (χ3v) is 6.38. The molecule has 8 heteroatoms. The van der Waals surface area contributed by atoms with Crippen LogP contribution in [0.2, 0.25) is 0 Å². The number of carbonyl (C=O) groups excluding carboxylic acids is 1. The molecule has 1 amide bonds. The summed E-state index contributed by atoms with van der Waals surface area (Å²) in [6, 6.07) is 6.52. The molecule has 0 radical (unpaired) electrons. The molecule has 3 rings (SSSR count). The van der Waals surface area contributed by atoms with Gasteiger partial charge in [-0.25, -0.2) is 8.42 Å². The molecule has 1 aliphatic heterocycles. The fourth-order valence-corrected chi connectivity index (χ4v) is 4.47. The molecule has 1 heterocycles. The number of hydrogen-bond donors (Lipinski definition) is 2. The summed E-state index contributed by atoms with van der Waals surface area (Å²) in [6.45, 7) is 2.27. The minimum atomic E-state index is -3.47. The van der Waals surface area contributed by atoms with E-state index in [2.05, 4.69) is 10.6 Å². The zero-order chi connectivity index (χ0) is 17.0. The second kappa shape index (κ2) is 8.98. The Morgan fingerprint density at radius 3 is 2.56 bits per heavy atom. The Hall–Kier alpha value is -1.15. The van der Waals surface area contributed by atoms with Crippen molar-refractivity contribution in [2.75, 3.05) is 31.5 Å². The van der Waals surface area contributed by atoms with Crippen molar-refractivity contribution >= 4 is 34.0 Å². The standard InChI is InChI=1S/C17H25N3O3S.ClH/c21-17(13-18-12-14-7-8-14)19-15-5-4-6-16(11-15)24(22,23)20-9-2-1-3-10-20;/h4-6,11,14,18H,1-3,7-10,12-13H2,(H,19,21);1H. The van der Waals surface area contributed by atoms with Gasteiger partial charge in [0.2, 0.25) is 15.9 Å². The molecular weight excluding hydrogens is 362 g/mol. The van der Waals surface area contributed by atoms with Crippen LogP contribution in [0.4, 0.5) is 5.69 Å². The number of anilines is 1. The number of benzene rings is 1. The summed E-state index contributed by atoms with van der Waals surface area (Å²) in [7, 11) is -3.47. The highest BCUT2D eigenvalue weighted by Gasteiger charge is 2.26. The van der Waals surface area contributed by atoms with E-state index in [4.69, 9.17) is 0 Å². The van der Waals surface area contributed by atoms with E-state index in [0.29, 0.717) is 18.8 Å². The number of hydrogen-bond acceptors (Lipinski definition) is 4. The molecule has 0 bridgehead atoms. The number of halogens is 1. The van der Waals surface area contributed by atoms with Crippen molar-refractivity contribution in [1.82, 2.24) is 9.62 Å². The smallest absolute Gasteiger partial charge is 0.243 e. The number of sulfonamides is 1. The summed E-state index contributed by atoms with van der Waals surface area (Å²) in [5.41, 5.74) is 0.520. The van der Waals surface area contributed by atoms with Crippen molar-refractivity contribution < 1.29 is 13.2 Å². The highest BCUT2D eigenvalue weighted by Crippen LogP contribution is 2.27. The van der Waals surface area contributed by atoms with E-state index >= 15 is 0 Å². The molecule has 2 N–H and O–H groups in total. The first-order valence-corrected chi connectivity index (χ1v) is 10.1. The lowest BCUT2D eigenvalue weighted by Crippen LogP contribution is -2.35. The second-order valence-electron chi connectivity index (χ2n) is 6.62. The fourth-order valence-electron chi connectivity index (χ4n) is 2.91. The van der Waals surface area contributed by atoms with Gasteiger partial charge in [0.25, 0.3) is 0 Å². The van der Waals surface area contributed by atoms with E-state index in [1.807, 2.05) is 0 Å². The highest BCUT2D eigenvalue weighted by molar-refractivity contribution is 7.89. The van der Waals surface area contributed by atoms with Crippen LogP contribution in [0, 0.1) is 5.92 Å². The lowest BCUT2D eigenvalue weighted by molar-refractivity contribution is -0.115. The van der Waals surface area contributed by atoms with Gasteiger partial charge in [-0.15, -0.1) is 12.4 Å². The van der Waals surface area contributed by atoms with Gasteiger partial charge in [0.1, 0.15) is 0 Å². The summed E-state index contributed by atoms with van der Waals surface area (Å²) >= 11 is 0. The molecule has 2 fully saturated rings. The average Bonchev–Trinajstić information content (AvgIpc) is 3.40. The van der Waals surface area contributed by atoms with E-state index < -0.39 is 10.0 Å². The molecule has 25 heavy (non-hydrogen) atoms. The summed E-state index contributed by atoms with van der Waals surface area (Å²) < 4.78 is 26.9. The quantitative estimate of drug-likeness (QED) is 0.751. The number of piperidine rings is 1. The van der Waals surface area contributed by atoms with Crippen LogP contribution in [0.5, 0.6) is 0 Å². The first-order chi connectivity index (χ1) is 11.6. The third kappa shape index (κ3) is 5.67. The van der Waals surface area contributed by atoms with Gasteiger partial charge in [-0.05, 0) is 56.3 Å². The molecule has 0 spiro atoms. The predicted octanol–water partition coefficient (Wildman–Crippen LogP) is 2.22. The lowest BCUT2D eigenvalue weighted by atomic mass is 10.2. The number of nitrogens with zero attached hydrogens (tertiary/aromatic N) is 1. The zero-order valence-corrected chi connectivity index (χ0v) is 15.9. The van der Waals surface area contributed by atoms with Gasteiger partial charge in [0.15, 0.2) is 0 Å². The van der Waals surface area contributed by atoms with Gasteiger partial charge >= 0.3 is 0 Å². The Balaban J connectivity index is 0.00000225. The van der Waals surface area contributed by atoms with Crippen molar-refractivity contribution in [2.24, 2.45) is 5.92 Å². The SMILES string of the molecule is Cl.O=C(CNCC1CC1)Nc1cccc(S(=O)(=O)N2CCCCC2)c1. The maximum absolute atomic E-state index is 12.7. The largest absolute Gasteiger partial charge is 0.325 e. The van der Waals surface area contributed by atoms with Gasteiger partial charge < -0.3 is 10.6 Å². The molecule has 1 saturated heterocycles. The van der Waals surface area contributed by atoms with Crippen LogP contribution in [-0.4, -0.2) is 44.8 Å². The summed E-state index contributed by atoms with van der Waals surface area (Å²) in [6.07, 6.45) is 5.37. The van der Waals surface area contributed by atoms with Crippen molar-refractivity contribution in [2.45, 2.75) is 37.0 Å². The summed E-state index contributed by atoms with van der Waals surface area (Å²) in [5.74, 6) is 0.569. The van der Waals surface area contributed by atoms with E-state index in [-0.39, 0.29) is 29.8 Å². The monoisotopic (exact) mass is 387 g/mol. The van der Waals surface area contributed by atoms with Crippen LogP contribution in [0.3, 0.4) is 0 Å². The molecule has 140 valence electrons. The minimum Gasteiger partial charge on any atom is -0.325 e. The topological polar surface area (TPSA) is 78.5 Å². The van der Waals surface area contributed by atoms with Gasteiger partial charge in [0.05, 0.1) is 11.4 Å². The molecule has 1 aromatic carbocycles. The highest BCUT2D eigenvalue weighted by atomic mass is 35.5. The predicted molar refractivity (Wildman–Crippen MR) is 101 cm³/mol. The Morgan fingerprint density at radius 1 is 1.16 bits per heavy atom. The van der Waals surface area contributed by atoms with Crippen molar-refractivity contribution in [3.05, 3.63) is 24.3 Å². The number of carbonyl (C=O) groups is 1. The number of nitrogens with one attached hydrogen (secondary N) is 2. The molecule has 0 atom stereocenters. The Morgan fingerprint density at radius 2 is 1.88 bits per heavy atom. The van der Waals surface area contributed by atoms with Crippen LogP contribution in [-0.2, 0) is 14.8 Å². The Bertz CT molecular complexity index is 686. The molecule has 1 aliphatic carbocycles. The second-order valence-corrected chi connectivity index (χ2v) is 8.55. The van der Waals surface area contributed by atoms with Crippen LogP contribution in [0.1, 0.15) is 32.1 Å². The van der Waals surface area contributed by atoms with Crippen LogP contribution >= 0.6 is 12.4 Å². The van der Waals surface area contributed by atoms with E-state index in [1.165, 1.54) is 17.1 Å². The summed E-state index contributed by atoms with van der Waals surface area (Å²) in [4.78, 5) is 12.2. The first-order valence-electron chi connectivity index (χ1n) is 8.66. The molecule has 0 aromatic heterocycles. The van der Waals surface area contributed by atoms with E-state index in [0.717, 1.165) is 31.7 Å². The number of rotatable bonds is 7. The van der Waals surface area contributed by atoms with Gasteiger partial charge in [0, 0.05) is 18.8 Å². The van der Waals surface area contributed by atoms with Crippen LogP contribution < -0.4 is 10.6 Å². The molecule has 2 aliphatic rings. The summed E-state index contributed by atoms with van der Waals surface area (Å²) in [5, 5.41) is 5.89. The van der Waals surface area contributed by atoms with Crippen molar-refractivity contribution in [3.8, 4) is 0 Å². The Labute approximate surface area is 155 Å². The Kier molecular flexibility index (Phi) is 7.25. The van der Waals surface area contributed by atoms with E-state index in [1.54, 1.807) is 24.3 Å². The normalized spacial score (nSPS) is 18.4. The molecular formula is C17H26ClN3O3S. The molecule has 6 nitrogen and oxygen atoms in total. The first kappa shape index (κ1) is 20.2. The van der Waals surface area contributed by atoms with Crippen LogP contribution in [0.15, 0.2) is 29.2 Å². The minimum absolute atomic E-state index is 0. The average molecular weight is 388 g/mol. The maximum atomic E-state index is 12.7. The molecule has 0 unspecified atom stereocenters. The van der Waals surface area contributed by atoms with Gasteiger partial charge in [-0.2, -0.15) is 4.31 Å². The van der Waals surface area contributed by atoms with E-state index in [9.17, 15) is 13.2 Å². The third-order valence-electron chi connectivity index (χ3n) is 4.49. The fraction of sp³-hybridized carbons (Fsp3) is 0.588. The van der Waals surface area contributed by atoms with Gasteiger partial charge in [-0.3, -0.25) is 4.79 Å². The molecule has 1 aromatic rings. The zero-order valence-electron chi connectivity index (χ0n) is 14.2. The van der Waals surface area contributed by atoms with Crippen LogP contribution in [0.25, 0.3) is 0 Å².